The van der Waals surface area contributed by atoms with Crippen LogP contribution in [0.3, 0.4) is 0 Å². The molecule has 1 aliphatic carbocycles. The van der Waals surface area contributed by atoms with Crippen molar-refractivity contribution in [3.8, 4) is 0 Å². The van der Waals surface area contributed by atoms with Crippen LogP contribution in [0.1, 0.15) is 44.3 Å². The molecular weight excluding hydrogens is 275 g/mol. The SMILES string of the molecule is CC(N)(COC1CCC1)c1noc(CCC(F)(F)F)n1. The Morgan fingerprint density at radius 2 is 2.10 bits per heavy atom. The largest absolute Gasteiger partial charge is 0.389 e. The number of nitrogens with zero attached hydrogens (tertiary/aromatic N) is 2. The van der Waals surface area contributed by atoms with Gasteiger partial charge in [-0.1, -0.05) is 5.16 Å². The zero-order chi connectivity index (χ0) is 14.8. The van der Waals surface area contributed by atoms with Gasteiger partial charge in [-0.15, -0.1) is 0 Å². The summed E-state index contributed by atoms with van der Waals surface area (Å²) in [6, 6.07) is 0. The van der Waals surface area contributed by atoms with Gasteiger partial charge in [0.15, 0.2) is 5.82 Å². The summed E-state index contributed by atoms with van der Waals surface area (Å²) in [5.74, 6) is 0.117. The van der Waals surface area contributed by atoms with Gasteiger partial charge in [-0.3, -0.25) is 0 Å². The van der Waals surface area contributed by atoms with E-state index >= 15 is 0 Å². The number of aromatic nitrogens is 2. The number of rotatable bonds is 6. The van der Waals surface area contributed by atoms with Crippen molar-refractivity contribution in [3.05, 3.63) is 11.7 Å². The van der Waals surface area contributed by atoms with E-state index in [0.29, 0.717) is 0 Å². The summed E-state index contributed by atoms with van der Waals surface area (Å²) >= 11 is 0. The molecule has 1 saturated carbocycles. The van der Waals surface area contributed by atoms with E-state index in [0.717, 1.165) is 19.3 Å². The lowest BCUT2D eigenvalue weighted by Crippen LogP contribution is -2.41. The molecule has 2 N–H and O–H groups in total. The van der Waals surface area contributed by atoms with Gasteiger partial charge in [-0.2, -0.15) is 18.2 Å². The van der Waals surface area contributed by atoms with Gasteiger partial charge >= 0.3 is 6.18 Å². The standard InChI is InChI=1S/C12H18F3N3O2/c1-11(16,7-19-8-3-2-4-8)10-17-9(20-18-10)5-6-12(13,14)15/h8H,2-7,16H2,1H3. The highest BCUT2D eigenvalue weighted by Gasteiger charge is 2.32. The van der Waals surface area contributed by atoms with Crippen molar-refractivity contribution in [1.29, 1.82) is 0 Å². The second-order valence-electron chi connectivity index (χ2n) is 5.41. The van der Waals surface area contributed by atoms with Crippen molar-refractivity contribution in [3.63, 3.8) is 0 Å². The Kier molecular flexibility index (Phi) is 4.33. The molecule has 20 heavy (non-hydrogen) atoms. The normalized spacial score (nSPS) is 19.6. The van der Waals surface area contributed by atoms with Crippen LogP contribution < -0.4 is 5.73 Å². The minimum atomic E-state index is -4.24. The fourth-order valence-electron chi connectivity index (χ4n) is 1.73. The number of halogens is 3. The Hall–Kier alpha value is -1.15. The van der Waals surface area contributed by atoms with Crippen LogP contribution in [-0.4, -0.2) is 29.0 Å². The predicted octanol–water partition coefficient (Wildman–Crippen LogP) is 2.31. The molecule has 0 amide bonds. The van der Waals surface area contributed by atoms with E-state index < -0.39 is 18.1 Å². The summed E-state index contributed by atoms with van der Waals surface area (Å²) in [6.45, 7) is 1.89. The van der Waals surface area contributed by atoms with E-state index in [1.807, 2.05) is 0 Å². The molecule has 0 aromatic carbocycles. The van der Waals surface area contributed by atoms with Gasteiger partial charge in [-0.05, 0) is 26.2 Å². The van der Waals surface area contributed by atoms with Crippen LogP contribution in [0.2, 0.25) is 0 Å². The van der Waals surface area contributed by atoms with Crippen molar-refractivity contribution < 1.29 is 22.4 Å². The van der Waals surface area contributed by atoms with E-state index in [4.69, 9.17) is 15.0 Å². The van der Waals surface area contributed by atoms with E-state index in [-0.39, 0.29) is 30.8 Å². The van der Waals surface area contributed by atoms with Crippen LogP contribution in [-0.2, 0) is 16.7 Å². The van der Waals surface area contributed by atoms with Gasteiger partial charge in [0.25, 0.3) is 0 Å². The van der Waals surface area contributed by atoms with Crippen molar-refractivity contribution >= 4 is 0 Å². The minimum Gasteiger partial charge on any atom is -0.376 e. The highest BCUT2D eigenvalue weighted by molar-refractivity contribution is 5.02. The van der Waals surface area contributed by atoms with E-state index in [9.17, 15) is 13.2 Å². The van der Waals surface area contributed by atoms with Crippen LogP contribution in [0.4, 0.5) is 13.2 Å². The average Bonchev–Trinajstić information content (AvgIpc) is 2.72. The van der Waals surface area contributed by atoms with E-state index in [2.05, 4.69) is 10.1 Å². The Morgan fingerprint density at radius 1 is 1.40 bits per heavy atom. The van der Waals surface area contributed by atoms with Crippen molar-refractivity contribution in [2.75, 3.05) is 6.61 Å². The van der Waals surface area contributed by atoms with Crippen molar-refractivity contribution in [1.82, 2.24) is 10.1 Å². The third-order valence-electron chi connectivity index (χ3n) is 3.27. The third kappa shape index (κ3) is 4.17. The highest BCUT2D eigenvalue weighted by atomic mass is 19.4. The first-order chi connectivity index (χ1) is 9.26. The quantitative estimate of drug-likeness (QED) is 0.871. The molecule has 8 heteroatoms. The third-order valence-corrected chi connectivity index (χ3v) is 3.27. The van der Waals surface area contributed by atoms with Crippen LogP contribution >= 0.6 is 0 Å². The predicted molar refractivity (Wildman–Crippen MR) is 63.8 cm³/mol. The van der Waals surface area contributed by atoms with Crippen molar-refractivity contribution in [2.24, 2.45) is 5.73 Å². The zero-order valence-corrected chi connectivity index (χ0v) is 11.2. The Balaban J connectivity index is 1.88. The number of aryl methyl sites for hydroxylation is 1. The molecule has 1 unspecified atom stereocenters. The van der Waals surface area contributed by atoms with Gasteiger partial charge in [0.2, 0.25) is 5.89 Å². The number of alkyl halides is 3. The summed E-state index contributed by atoms with van der Waals surface area (Å²) in [6.07, 6.45) is -2.18. The van der Waals surface area contributed by atoms with Gasteiger partial charge in [0.1, 0.15) is 5.54 Å². The van der Waals surface area contributed by atoms with Crippen LogP contribution in [0.5, 0.6) is 0 Å². The summed E-state index contributed by atoms with van der Waals surface area (Å²) < 4.78 is 46.7. The van der Waals surface area contributed by atoms with Crippen LogP contribution in [0, 0.1) is 0 Å². The van der Waals surface area contributed by atoms with Gasteiger partial charge in [-0.25, -0.2) is 0 Å². The smallest absolute Gasteiger partial charge is 0.376 e. The second-order valence-corrected chi connectivity index (χ2v) is 5.41. The summed E-state index contributed by atoms with van der Waals surface area (Å²) in [5.41, 5.74) is 5.07. The first-order valence-electron chi connectivity index (χ1n) is 6.56. The maximum Gasteiger partial charge on any atom is 0.389 e. The summed E-state index contributed by atoms with van der Waals surface area (Å²) in [5, 5.41) is 3.65. The lowest BCUT2D eigenvalue weighted by molar-refractivity contribution is -0.134. The second kappa shape index (κ2) is 5.69. The molecule has 0 saturated heterocycles. The molecular formula is C12H18F3N3O2. The van der Waals surface area contributed by atoms with Gasteiger partial charge < -0.3 is 15.0 Å². The van der Waals surface area contributed by atoms with Gasteiger partial charge in [0.05, 0.1) is 19.1 Å². The van der Waals surface area contributed by atoms with Crippen molar-refractivity contribution in [2.45, 2.75) is 56.8 Å². The molecule has 1 aromatic rings. The fraction of sp³-hybridized carbons (Fsp3) is 0.833. The molecule has 1 aliphatic rings. The number of ether oxygens (including phenoxy) is 1. The molecule has 0 aliphatic heterocycles. The maximum absolute atomic E-state index is 12.1. The molecule has 1 aromatic heterocycles. The zero-order valence-electron chi connectivity index (χ0n) is 11.2. The molecule has 5 nitrogen and oxygen atoms in total. The fourth-order valence-corrected chi connectivity index (χ4v) is 1.73. The Bertz CT molecular complexity index is 441. The number of hydrogen-bond donors (Lipinski definition) is 1. The topological polar surface area (TPSA) is 74.2 Å². The Labute approximate surface area is 114 Å². The molecule has 2 rings (SSSR count). The number of hydrogen-bond acceptors (Lipinski definition) is 5. The Morgan fingerprint density at radius 3 is 2.65 bits per heavy atom. The number of nitrogens with two attached hydrogens (primary N) is 1. The van der Waals surface area contributed by atoms with E-state index in [1.54, 1.807) is 6.92 Å². The summed E-state index contributed by atoms with van der Waals surface area (Å²) in [4.78, 5) is 3.92. The molecule has 0 bridgehead atoms. The lowest BCUT2D eigenvalue weighted by atomic mass is 9.95. The first-order valence-corrected chi connectivity index (χ1v) is 6.56. The average molecular weight is 293 g/mol. The molecule has 0 radical (unpaired) electrons. The maximum atomic E-state index is 12.1. The van der Waals surface area contributed by atoms with Crippen LogP contribution in [0.25, 0.3) is 0 Å². The molecule has 114 valence electrons. The van der Waals surface area contributed by atoms with Crippen LogP contribution in [0.15, 0.2) is 4.52 Å². The molecule has 1 atom stereocenters. The molecule has 0 spiro atoms. The van der Waals surface area contributed by atoms with Gasteiger partial charge in [0, 0.05) is 6.42 Å². The highest BCUT2D eigenvalue weighted by Crippen LogP contribution is 2.25. The lowest BCUT2D eigenvalue weighted by Gasteiger charge is -2.29. The molecule has 1 heterocycles. The molecule has 1 fully saturated rings. The van der Waals surface area contributed by atoms with E-state index in [1.165, 1.54) is 0 Å². The summed E-state index contributed by atoms with van der Waals surface area (Å²) in [7, 11) is 0. The monoisotopic (exact) mass is 293 g/mol. The first kappa shape index (κ1) is 15.2. The minimum absolute atomic E-state index is 0.0577.